The number of nitrogens with two attached hydrogens (primary N) is 1. The van der Waals surface area contributed by atoms with Crippen molar-refractivity contribution in [2.45, 2.75) is 19.4 Å². The molecule has 1 unspecified atom stereocenters. The number of benzene rings is 1. The van der Waals surface area contributed by atoms with Crippen LogP contribution in [0.3, 0.4) is 0 Å². The summed E-state index contributed by atoms with van der Waals surface area (Å²) in [7, 11) is 0. The lowest BCUT2D eigenvalue weighted by Gasteiger charge is -2.19. The Morgan fingerprint density at radius 3 is 2.86 bits per heavy atom. The first-order valence-electron chi connectivity index (χ1n) is 6.64. The number of aromatic nitrogens is 1. The Labute approximate surface area is 137 Å². The Balaban J connectivity index is 2.32. The van der Waals surface area contributed by atoms with E-state index in [0.717, 1.165) is 21.1 Å². The van der Waals surface area contributed by atoms with Crippen molar-refractivity contribution in [3.05, 3.63) is 57.2 Å². The molecular weight excluding hydrogens is 384 g/mol. The second-order valence-corrected chi connectivity index (χ2v) is 5.73. The van der Waals surface area contributed by atoms with Crippen molar-refractivity contribution in [2.24, 2.45) is 5.84 Å². The van der Waals surface area contributed by atoms with E-state index in [2.05, 4.69) is 33.0 Å². The van der Waals surface area contributed by atoms with Crippen LogP contribution in [0.2, 0.25) is 0 Å². The standard InChI is InChI=1S/C15H17FIN3O/c1-2-5-21-12-6-10(8-19-9-12)15(20-18)13-4-3-11(16)7-14(13)17/h3-4,6-9,15,20H,2,5,18H2,1H3. The van der Waals surface area contributed by atoms with Crippen LogP contribution < -0.4 is 16.0 Å². The molecule has 21 heavy (non-hydrogen) atoms. The molecule has 0 amide bonds. The molecule has 1 aromatic carbocycles. The Kier molecular flexibility index (Phi) is 5.89. The number of nitrogens with one attached hydrogen (secondary N) is 1. The third kappa shape index (κ3) is 4.12. The van der Waals surface area contributed by atoms with E-state index in [9.17, 15) is 4.39 Å². The van der Waals surface area contributed by atoms with Gasteiger partial charge in [-0.15, -0.1) is 0 Å². The highest BCUT2D eigenvalue weighted by atomic mass is 127. The molecule has 3 N–H and O–H groups in total. The highest BCUT2D eigenvalue weighted by Crippen LogP contribution is 2.27. The highest BCUT2D eigenvalue weighted by molar-refractivity contribution is 14.1. The average Bonchev–Trinajstić information content (AvgIpc) is 2.48. The van der Waals surface area contributed by atoms with Gasteiger partial charge in [-0.3, -0.25) is 10.8 Å². The Morgan fingerprint density at radius 1 is 1.38 bits per heavy atom. The van der Waals surface area contributed by atoms with E-state index in [1.165, 1.54) is 12.1 Å². The molecule has 1 atom stereocenters. The second kappa shape index (κ2) is 7.67. The van der Waals surface area contributed by atoms with Crippen LogP contribution in [0, 0.1) is 9.39 Å². The summed E-state index contributed by atoms with van der Waals surface area (Å²) >= 11 is 2.10. The van der Waals surface area contributed by atoms with E-state index in [-0.39, 0.29) is 11.9 Å². The van der Waals surface area contributed by atoms with Gasteiger partial charge in [0.25, 0.3) is 0 Å². The fraction of sp³-hybridized carbons (Fsp3) is 0.267. The van der Waals surface area contributed by atoms with E-state index in [1.807, 2.05) is 13.0 Å². The predicted octanol–water partition coefficient (Wildman–Crippen LogP) is 3.17. The zero-order valence-corrected chi connectivity index (χ0v) is 13.8. The molecule has 0 saturated carbocycles. The van der Waals surface area contributed by atoms with Gasteiger partial charge in [-0.25, -0.2) is 9.82 Å². The summed E-state index contributed by atoms with van der Waals surface area (Å²) < 4.78 is 19.6. The number of rotatable bonds is 6. The molecule has 0 aliphatic carbocycles. The smallest absolute Gasteiger partial charge is 0.137 e. The number of halogens is 2. The van der Waals surface area contributed by atoms with Gasteiger partial charge in [0.2, 0.25) is 0 Å². The van der Waals surface area contributed by atoms with Gasteiger partial charge in [0, 0.05) is 9.77 Å². The van der Waals surface area contributed by atoms with Crippen LogP contribution in [0.25, 0.3) is 0 Å². The lowest BCUT2D eigenvalue weighted by atomic mass is 10.0. The largest absolute Gasteiger partial charge is 0.492 e. The lowest BCUT2D eigenvalue weighted by Crippen LogP contribution is -2.29. The molecule has 0 aliphatic heterocycles. The average molecular weight is 401 g/mol. The molecule has 0 aliphatic rings. The minimum Gasteiger partial charge on any atom is -0.492 e. The van der Waals surface area contributed by atoms with Crippen molar-refractivity contribution < 1.29 is 9.13 Å². The number of hydrazine groups is 1. The number of nitrogens with zero attached hydrogens (tertiary/aromatic N) is 1. The molecular formula is C15H17FIN3O. The van der Waals surface area contributed by atoms with Crippen LogP contribution in [0.15, 0.2) is 36.7 Å². The minimum absolute atomic E-state index is 0.267. The van der Waals surface area contributed by atoms with Gasteiger partial charge in [-0.05, 0) is 58.3 Å². The summed E-state index contributed by atoms with van der Waals surface area (Å²) in [5.41, 5.74) is 4.52. The molecule has 0 radical (unpaired) electrons. The zero-order chi connectivity index (χ0) is 15.2. The number of pyridine rings is 1. The summed E-state index contributed by atoms with van der Waals surface area (Å²) in [6.07, 6.45) is 4.32. The van der Waals surface area contributed by atoms with E-state index < -0.39 is 0 Å². The summed E-state index contributed by atoms with van der Waals surface area (Å²) in [5, 5.41) is 0. The van der Waals surface area contributed by atoms with E-state index in [1.54, 1.807) is 18.5 Å². The van der Waals surface area contributed by atoms with E-state index in [0.29, 0.717) is 12.4 Å². The maximum absolute atomic E-state index is 13.2. The van der Waals surface area contributed by atoms with Gasteiger partial charge in [0.15, 0.2) is 0 Å². The Bertz CT molecular complexity index is 609. The summed E-state index contributed by atoms with van der Waals surface area (Å²) in [6, 6.07) is 6.25. The van der Waals surface area contributed by atoms with Gasteiger partial charge in [-0.2, -0.15) is 0 Å². The SMILES string of the molecule is CCCOc1cncc(C(NN)c2ccc(F)cc2I)c1. The lowest BCUT2D eigenvalue weighted by molar-refractivity contribution is 0.315. The van der Waals surface area contributed by atoms with Gasteiger partial charge in [-0.1, -0.05) is 13.0 Å². The van der Waals surface area contributed by atoms with Crippen molar-refractivity contribution in [1.29, 1.82) is 0 Å². The Hall–Kier alpha value is -1.25. The minimum atomic E-state index is -0.268. The van der Waals surface area contributed by atoms with Crippen LogP contribution in [-0.4, -0.2) is 11.6 Å². The molecule has 2 aromatic rings. The molecule has 1 aromatic heterocycles. The highest BCUT2D eigenvalue weighted by Gasteiger charge is 2.17. The maximum Gasteiger partial charge on any atom is 0.137 e. The second-order valence-electron chi connectivity index (χ2n) is 4.57. The van der Waals surface area contributed by atoms with Crippen LogP contribution in [0.5, 0.6) is 5.75 Å². The maximum atomic E-state index is 13.2. The fourth-order valence-electron chi connectivity index (χ4n) is 1.99. The normalized spacial score (nSPS) is 12.2. The number of hydrogen-bond acceptors (Lipinski definition) is 4. The zero-order valence-electron chi connectivity index (χ0n) is 11.6. The van der Waals surface area contributed by atoms with Crippen molar-refractivity contribution in [1.82, 2.24) is 10.4 Å². The predicted molar refractivity (Wildman–Crippen MR) is 88.3 cm³/mol. The molecule has 0 spiro atoms. The van der Waals surface area contributed by atoms with Crippen molar-refractivity contribution in [2.75, 3.05) is 6.61 Å². The monoisotopic (exact) mass is 401 g/mol. The number of ether oxygens (including phenoxy) is 1. The van der Waals surface area contributed by atoms with Gasteiger partial charge < -0.3 is 4.74 Å². The van der Waals surface area contributed by atoms with Crippen LogP contribution >= 0.6 is 22.6 Å². The molecule has 0 bridgehead atoms. The third-order valence-corrected chi connectivity index (χ3v) is 3.91. The molecule has 0 fully saturated rings. The first kappa shape index (κ1) is 16.1. The molecule has 4 nitrogen and oxygen atoms in total. The van der Waals surface area contributed by atoms with Crippen molar-refractivity contribution in [3.63, 3.8) is 0 Å². The van der Waals surface area contributed by atoms with Crippen LogP contribution in [0.1, 0.15) is 30.5 Å². The van der Waals surface area contributed by atoms with E-state index >= 15 is 0 Å². The molecule has 6 heteroatoms. The van der Waals surface area contributed by atoms with Crippen LogP contribution in [-0.2, 0) is 0 Å². The van der Waals surface area contributed by atoms with E-state index in [4.69, 9.17) is 10.6 Å². The quantitative estimate of drug-likeness (QED) is 0.444. The molecule has 112 valence electrons. The van der Waals surface area contributed by atoms with Crippen molar-refractivity contribution >= 4 is 22.6 Å². The number of hydrogen-bond donors (Lipinski definition) is 2. The Morgan fingerprint density at radius 2 is 2.19 bits per heavy atom. The molecule has 0 saturated heterocycles. The van der Waals surface area contributed by atoms with Crippen LogP contribution in [0.4, 0.5) is 4.39 Å². The molecule has 1 heterocycles. The van der Waals surface area contributed by atoms with Gasteiger partial charge in [0.05, 0.1) is 18.8 Å². The summed E-state index contributed by atoms with van der Waals surface area (Å²) in [5.74, 6) is 6.11. The van der Waals surface area contributed by atoms with Gasteiger partial charge in [0.1, 0.15) is 11.6 Å². The molecule has 2 rings (SSSR count). The fourth-order valence-corrected chi connectivity index (χ4v) is 2.78. The first-order chi connectivity index (χ1) is 10.2. The van der Waals surface area contributed by atoms with Gasteiger partial charge >= 0.3 is 0 Å². The first-order valence-corrected chi connectivity index (χ1v) is 7.72. The summed E-state index contributed by atoms with van der Waals surface area (Å²) in [4.78, 5) is 4.18. The third-order valence-electron chi connectivity index (χ3n) is 2.98. The van der Waals surface area contributed by atoms with Crippen molar-refractivity contribution in [3.8, 4) is 5.75 Å². The summed E-state index contributed by atoms with van der Waals surface area (Å²) in [6.45, 7) is 2.68. The topological polar surface area (TPSA) is 60.2 Å².